The van der Waals surface area contributed by atoms with E-state index in [4.69, 9.17) is 10.5 Å². The summed E-state index contributed by atoms with van der Waals surface area (Å²) in [5, 5.41) is 3.49. The normalized spacial score (nSPS) is 10.1. The van der Waals surface area contributed by atoms with Gasteiger partial charge in [-0.3, -0.25) is 0 Å². The predicted molar refractivity (Wildman–Crippen MR) is 36.2 cm³/mol. The molecule has 0 aliphatic rings. The third-order valence-electron chi connectivity index (χ3n) is 1.14. The van der Waals surface area contributed by atoms with Gasteiger partial charge in [-0.1, -0.05) is 5.16 Å². The molecule has 0 saturated heterocycles. The highest BCUT2D eigenvalue weighted by atomic mass is 16.5. The molecule has 0 aliphatic carbocycles. The Morgan fingerprint density at radius 3 is 3.10 bits per heavy atom. The Balaban J connectivity index is 2.49. The van der Waals surface area contributed by atoms with Gasteiger partial charge >= 0.3 is 0 Å². The monoisotopic (exact) mass is 142 g/mol. The van der Waals surface area contributed by atoms with Gasteiger partial charge in [0.1, 0.15) is 0 Å². The Morgan fingerprint density at radius 1 is 1.80 bits per heavy atom. The van der Waals surface area contributed by atoms with E-state index in [1.54, 1.807) is 6.20 Å². The maximum Gasteiger partial charge on any atom is 0.227 e. The van der Waals surface area contributed by atoms with Crippen molar-refractivity contribution < 1.29 is 9.26 Å². The molecular weight excluding hydrogens is 132 g/mol. The highest BCUT2D eigenvalue weighted by molar-refractivity contribution is 5.32. The van der Waals surface area contributed by atoms with E-state index >= 15 is 0 Å². The number of hydrogen-bond acceptors (Lipinski definition) is 4. The van der Waals surface area contributed by atoms with Gasteiger partial charge in [-0.25, -0.2) is 0 Å². The van der Waals surface area contributed by atoms with Crippen LogP contribution >= 0.6 is 0 Å². The molecule has 0 spiro atoms. The molecule has 0 unspecified atom stereocenters. The molecule has 2 N–H and O–H groups in total. The first-order valence-corrected chi connectivity index (χ1v) is 3.11. The summed E-state index contributed by atoms with van der Waals surface area (Å²) in [4.78, 5) is 0. The zero-order valence-corrected chi connectivity index (χ0v) is 5.83. The highest BCUT2D eigenvalue weighted by Crippen LogP contribution is 2.09. The standard InChI is InChI=1S/C6H10N2O2/c1-2-9-4-5-3-8-10-6(5)7/h3H,2,4,7H2,1H3. The fourth-order valence-electron chi connectivity index (χ4n) is 0.589. The number of nitrogens with zero attached hydrogens (tertiary/aromatic N) is 1. The SMILES string of the molecule is CCOCc1cnoc1N. The first-order valence-electron chi connectivity index (χ1n) is 3.11. The number of rotatable bonds is 3. The lowest BCUT2D eigenvalue weighted by Gasteiger charge is -1.95. The van der Waals surface area contributed by atoms with Crippen molar-refractivity contribution in [1.82, 2.24) is 5.16 Å². The molecule has 0 fully saturated rings. The van der Waals surface area contributed by atoms with E-state index in [9.17, 15) is 0 Å². The largest absolute Gasteiger partial charge is 0.377 e. The van der Waals surface area contributed by atoms with E-state index in [1.165, 1.54) is 0 Å². The van der Waals surface area contributed by atoms with Crippen LogP contribution in [0.25, 0.3) is 0 Å². The first kappa shape index (κ1) is 7.08. The maximum absolute atomic E-state index is 5.37. The lowest BCUT2D eigenvalue weighted by atomic mass is 10.4. The third kappa shape index (κ3) is 1.48. The topological polar surface area (TPSA) is 61.3 Å². The van der Waals surface area contributed by atoms with Gasteiger partial charge in [-0.15, -0.1) is 0 Å². The zero-order chi connectivity index (χ0) is 7.40. The Labute approximate surface area is 58.9 Å². The summed E-state index contributed by atoms with van der Waals surface area (Å²) in [6.45, 7) is 3.07. The van der Waals surface area contributed by atoms with E-state index < -0.39 is 0 Å². The average molecular weight is 142 g/mol. The van der Waals surface area contributed by atoms with Crippen LogP contribution in [0.5, 0.6) is 0 Å². The minimum atomic E-state index is 0.341. The van der Waals surface area contributed by atoms with Gasteiger partial charge in [-0.05, 0) is 6.92 Å². The molecule has 56 valence electrons. The van der Waals surface area contributed by atoms with Crippen LogP contribution in [-0.4, -0.2) is 11.8 Å². The second kappa shape index (κ2) is 3.22. The third-order valence-corrected chi connectivity index (χ3v) is 1.14. The summed E-state index contributed by atoms with van der Waals surface area (Å²) in [7, 11) is 0. The summed E-state index contributed by atoms with van der Waals surface area (Å²) < 4.78 is 9.69. The van der Waals surface area contributed by atoms with Gasteiger partial charge in [0.25, 0.3) is 0 Å². The summed E-state index contributed by atoms with van der Waals surface area (Å²) in [6.07, 6.45) is 1.56. The number of nitrogen functional groups attached to an aromatic ring is 1. The minimum Gasteiger partial charge on any atom is -0.377 e. The van der Waals surface area contributed by atoms with Crippen LogP contribution in [0.3, 0.4) is 0 Å². The summed E-state index contributed by atoms with van der Waals surface area (Å²) in [6, 6.07) is 0. The van der Waals surface area contributed by atoms with Crippen LogP contribution in [-0.2, 0) is 11.3 Å². The van der Waals surface area contributed by atoms with Crippen LogP contribution in [0, 0.1) is 0 Å². The van der Waals surface area contributed by atoms with Gasteiger partial charge in [-0.2, -0.15) is 0 Å². The van der Waals surface area contributed by atoms with Crippen molar-refractivity contribution in [3.63, 3.8) is 0 Å². The number of anilines is 1. The maximum atomic E-state index is 5.37. The number of hydrogen-bond donors (Lipinski definition) is 1. The molecule has 0 atom stereocenters. The lowest BCUT2D eigenvalue weighted by Crippen LogP contribution is -1.93. The van der Waals surface area contributed by atoms with E-state index in [2.05, 4.69) is 9.68 Å². The molecule has 1 aromatic rings. The van der Waals surface area contributed by atoms with E-state index in [0.717, 1.165) is 5.56 Å². The molecule has 0 aromatic carbocycles. The summed E-state index contributed by atoms with van der Waals surface area (Å²) in [5.41, 5.74) is 6.18. The van der Waals surface area contributed by atoms with Crippen molar-refractivity contribution in [2.45, 2.75) is 13.5 Å². The summed E-state index contributed by atoms with van der Waals surface area (Å²) in [5.74, 6) is 0.341. The Bertz CT molecular complexity index is 197. The molecule has 1 rings (SSSR count). The molecule has 0 radical (unpaired) electrons. The molecule has 10 heavy (non-hydrogen) atoms. The zero-order valence-electron chi connectivity index (χ0n) is 5.83. The van der Waals surface area contributed by atoms with Crippen molar-refractivity contribution in [3.05, 3.63) is 11.8 Å². The van der Waals surface area contributed by atoms with E-state index in [1.807, 2.05) is 6.92 Å². The molecule has 1 aromatic heterocycles. The van der Waals surface area contributed by atoms with Crippen LogP contribution < -0.4 is 5.73 Å². The van der Waals surface area contributed by atoms with Crippen LogP contribution in [0.15, 0.2) is 10.7 Å². The molecule has 0 amide bonds. The number of aromatic nitrogens is 1. The predicted octanol–water partition coefficient (Wildman–Crippen LogP) is 0.793. The number of ether oxygens (including phenoxy) is 1. The Kier molecular flexibility index (Phi) is 2.28. The van der Waals surface area contributed by atoms with Crippen molar-refractivity contribution in [3.8, 4) is 0 Å². The quantitative estimate of drug-likeness (QED) is 0.677. The highest BCUT2D eigenvalue weighted by Gasteiger charge is 2.01. The summed E-state index contributed by atoms with van der Waals surface area (Å²) >= 11 is 0. The van der Waals surface area contributed by atoms with E-state index in [-0.39, 0.29) is 0 Å². The molecule has 4 heteroatoms. The fourth-order valence-corrected chi connectivity index (χ4v) is 0.589. The van der Waals surface area contributed by atoms with E-state index in [0.29, 0.717) is 19.1 Å². The minimum absolute atomic E-state index is 0.341. The number of nitrogens with two attached hydrogens (primary N) is 1. The van der Waals surface area contributed by atoms with Crippen molar-refractivity contribution in [1.29, 1.82) is 0 Å². The van der Waals surface area contributed by atoms with Crippen molar-refractivity contribution in [2.75, 3.05) is 12.3 Å². The molecule has 4 nitrogen and oxygen atoms in total. The molecule has 1 heterocycles. The van der Waals surface area contributed by atoms with Crippen LogP contribution in [0.4, 0.5) is 5.88 Å². The molecule has 0 bridgehead atoms. The van der Waals surface area contributed by atoms with Gasteiger partial charge in [0.15, 0.2) is 0 Å². The smallest absolute Gasteiger partial charge is 0.227 e. The lowest BCUT2D eigenvalue weighted by molar-refractivity contribution is 0.134. The van der Waals surface area contributed by atoms with Crippen molar-refractivity contribution >= 4 is 5.88 Å². The molecular formula is C6H10N2O2. The second-order valence-corrected chi connectivity index (χ2v) is 1.85. The second-order valence-electron chi connectivity index (χ2n) is 1.85. The van der Waals surface area contributed by atoms with Crippen LogP contribution in [0.2, 0.25) is 0 Å². The Morgan fingerprint density at radius 2 is 2.60 bits per heavy atom. The fraction of sp³-hybridized carbons (Fsp3) is 0.500. The Hall–Kier alpha value is -1.03. The van der Waals surface area contributed by atoms with Gasteiger partial charge in [0.2, 0.25) is 5.88 Å². The van der Waals surface area contributed by atoms with Gasteiger partial charge < -0.3 is 15.0 Å². The average Bonchev–Trinajstić information content (AvgIpc) is 2.31. The van der Waals surface area contributed by atoms with Gasteiger partial charge in [0, 0.05) is 6.61 Å². The first-order chi connectivity index (χ1) is 4.84. The van der Waals surface area contributed by atoms with Crippen LogP contribution in [0.1, 0.15) is 12.5 Å². The van der Waals surface area contributed by atoms with Crippen molar-refractivity contribution in [2.24, 2.45) is 0 Å². The van der Waals surface area contributed by atoms with Gasteiger partial charge in [0.05, 0.1) is 18.4 Å². The molecule has 0 saturated carbocycles. The molecule has 0 aliphatic heterocycles.